The minimum Gasteiger partial charge on any atom is -0.507 e. The second kappa shape index (κ2) is 7.85. The Morgan fingerprint density at radius 3 is 2.58 bits per heavy atom. The summed E-state index contributed by atoms with van der Waals surface area (Å²) >= 11 is 6.17. The van der Waals surface area contributed by atoms with Crippen molar-refractivity contribution < 1.29 is 29.0 Å². The van der Waals surface area contributed by atoms with Gasteiger partial charge in [-0.3, -0.25) is 14.5 Å². The lowest BCUT2D eigenvalue weighted by Crippen LogP contribution is -2.29. The molecule has 2 aromatic carbocycles. The molecule has 2 N–H and O–H groups in total. The molecule has 8 heteroatoms. The number of furan rings is 1. The number of hydrogen-bond donors (Lipinski definition) is 2. The number of phenols is 1. The van der Waals surface area contributed by atoms with E-state index in [0.717, 1.165) is 10.5 Å². The van der Waals surface area contributed by atoms with E-state index in [1.54, 1.807) is 37.3 Å². The minimum absolute atomic E-state index is 0.135. The van der Waals surface area contributed by atoms with Crippen LogP contribution in [0, 0.1) is 6.92 Å². The van der Waals surface area contributed by atoms with Crippen molar-refractivity contribution in [1.82, 2.24) is 0 Å². The quantitative estimate of drug-likeness (QED) is 0.350. The highest BCUT2D eigenvalue weighted by molar-refractivity contribution is 6.51. The van der Waals surface area contributed by atoms with E-state index in [-0.39, 0.29) is 33.4 Å². The Morgan fingerprint density at radius 2 is 1.94 bits per heavy atom. The third-order valence-corrected chi connectivity index (χ3v) is 5.37. The summed E-state index contributed by atoms with van der Waals surface area (Å²) in [4.78, 5) is 27.2. The molecule has 1 fully saturated rings. The van der Waals surface area contributed by atoms with Crippen molar-refractivity contribution in [2.75, 3.05) is 12.0 Å². The van der Waals surface area contributed by atoms with E-state index in [0.29, 0.717) is 5.75 Å². The Balaban J connectivity index is 1.94. The Hall–Kier alpha value is -3.71. The lowest BCUT2D eigenvalue weighted by atomic mass is 9.99. The van der Waals surface area contributed by atoms with E-state index in [1.807, 2.05) is 0 Å². The molecule has 1 aliphatic rings. The van der Waals surface area contributed by atoms with Gasteiger partial charge in [-0.2, -0.15) is 0 Å². The molecule has 1 atom stereocenters. The molecular formula is C23H18ClNO6. The normalized spacial score (nSPS) is 17.9. The maximum absolute atomic E-state index is 13.0. The van der Waals surface area contributed by atoms with Crippen LogP contribution in [-0.4, -0.2) is 29.0 Å². The first-order valence-electron chi connectivity index (χ1n) is 9.31. The summed E-state index contributed by atoms with van der Waals surface area (Å²) in [5.74, 6) is -1.77. The van der Waals surface area contributed by atoms with Crippen LogP contribution in [0.15, 0.2) is 64.8 Å². The summed E-state index contributed by atoms with van der Waals surface area (Å²) in [6.45, 7) is 1.79. The number of hydrogen-bond acceptors (Lipinski definition) is 6. The number of phenolic OH excluding ortho intramolecular Hbond substituents is 1. The average Bonchev–Trinajstić information content (AvgIpc) is 3.36. The fourth-order valence-electron chi connectivity index (χ4n) is 3.59. The van der Waals surface area contributed by atoms with Gasteiger partial charge in [0.2, 0.25) is 0 Å². The van der Waals surface area contributed by atoms with Crippen molar-refractivity contribution >= 4 is 34.7 Å². The molecule has 1 aromatic heterocycles. The zero-order chi connectivity index (χ0) is 22.3. The number of carbonyl (C=O) groups is 2. The predicted molar refractivity (Wildman–Crippen MR) is 114 cm³/mol. The summed E-state index contributed by atoms with van der Waals surface area (Å²) in [6, 6.07) is 11.3. The number of aromatic hydroxyl groups is 1. The van der Waals surface area contributed by atoms with Crippen LogP contribution in [0.25, 0.3) is 5.76 Å². The first-order valence-corrected chi connectivity index (χ1v) is 9.69. The highest BCUT2D eigenvalue weighted by Crippen LogP contribution is 2.45. The van der Waals surface area contributed by atoms with Gasteiger partial charge >= 0.3 is 0 Å². The van der Waals surface area contributed by atoms with Gasteiger partial charge in [-0.1, -0.05) is 17.7 Å². The third-order valence-electron chi connectivity index (χ3n) is 5.07. The highest BCUT2D eigenvalue weighted by atomic mass is 35.5. The van der Waals surface area contributed by atoms with Crippen molar-refractivity contribution in [1.29, 1.82) is 0 Å². The zero-order valence-electron chi connectivity index (χ0n) is 16.6. The summed E-state index contributed by atoms with van der Waals surface area (Å²) in [5.41, 5.74) is 0.959. The van der Waals surface area contributed by atoms with E-state index >= 15 is 0 Å². The van der Waals surface area contributed by atoms with Crippen molar-refractivity contribution in [2.45, 2.75) is 13.0 Å². The Bertz CT molecular complexity index is 1210. The van der Waals surface area contributed by atoms with Crippen LogP contribution in [0.4, 0.5) is 5.69 Å². The fourth-order valence-corrected chi connectivity index (χ4v) is 3.85. The number of nitrogens with zero attached hydrogens (tertiary/aromatic N) is 1. The van der Waals surface area contributed by atoms with Crippen LogP contribution in [-0.2, 0) is 9.59 Å². The van der Waals surface area contributed by atoms with Crippen LogP contribution in [0.2, 0.25) is 5.02 Å². The predicted octanol–water partition coefficient (Wildman–Crippen LogP) is 4.58. The largest absolute Gasteiger partial charge is 0.507 e. The number of aliphatic hydroxyl groups excluding tert-OH is 1. The number of rotatable bonds is 4. The number of amides is 1. The molecule has 4 rings (SSSR count). The Labute approximate surface area is 182 Å². The molecule has 0 bridgehead atoms. The molecule has 3 aromatic rings. The first kappa shape index (κ1) is 20.6. The van der Waals surface area contributed by atoms with E-state index < -0.39 is 23.5 Å². The van der Waals surface area contributed by atoms with Crippen LogP contribution in [0.5, 0.6) is 11.5 Å². The minimum atomic E-state index is -1.08. The lowest BCUT2D eigenvalue weighted by molar-refractivity contribution is -0.132. The van der Waals surface area contributed by atoms with Crippen molar-refractivity contribution in [3.63, 3.8) is 0 Å². The van der Waals surface area contributed by atoms with Gasteiger partial charge in [-0.05, 0) is 55.0 Å². The van der Waals surface area contributed by atoms with Gasteiger partial charge in [-0.25, -0.2) is 0 Å². The van der Waals surface area contributed by atoms with E-state index in [1.165, 1.54) is 31.6 Å². The molecule has 1 aliphatic heterocycles. The topological polar surface area (TPSA) is 100 Å². The number of Topliss-reactive ketones (excluding diaryl/α,β-unsaturated/α-hetero) is 1. The van der Waals surface area contributed by atoms with Gasteiger partial charge in [0.25, 0.3) is 11.7 Å². The summed E-state index contributed by atoms with van der Waals surface area (Å²) in [7, 11) is 1.46. The molecule has 0 spiro atoms. The van der Waals surface area contributed by atoms with E-state index in [2.05, 4.69) is 0 Å². The van der Waals surface area contributed by atoms with E-state index in [4.69, 9.17) is 20.8 Å². The van der Waals surface area contributed by atoms with Crippen LogP contribution < -0.4 is 9.64 Å². The Morgan fingerprint density at radius 1 is 1.16 bits per heavy atom. The van der Waals surface area contributed by atoms with E-state index in [9.17, 15) is 19.8 Å². The SMILES string of the molecule is COc1ccc(/C(O)=C2/C(=O)C(=O)N(c3cc(C)ccc3O)C2c2ccco2)cc1Cl. The van der Waals surface area contributed by atoms with Gasteiger partial charge in [-0.15, -0.1) is 0 Å². The van der Waals surface area contributed by atoms with Crippen molar-refractivity contribution in [3.05, 3.63) is 82.3 Å². The fraction of sp³-hybridized carbons (Fsp3) is 0.130. The molecule has 1 unspecified atom stereocenters. The number of ketones is 1. The molecule has 7 nitrogen and oxygen atoms in total. The molecule has 0 saturated carbocycles. The molecule has 158 valence electrons. The first-order chi connectivity index (χ1) is 14.8. The maximum atomic E-state index is 13.0. The molecule has 2 heterocycles. The van der Waals surface area contributed by atoms with Gasteiger partial charge in [0.05, 0.1) is 29.7 Å². The highest BCUT2D eigenvalue weighted by Gasteiger charge is 2.49. The molecule has 0 radical (unpaired) electrons. The standard InChI is InChI=1S/C23H18ClNO6/c1-12-5-7-16(26)15(10-12)25-20(18-4-3-9-31-18)19(22(28)23(25)29)21(27)13-6-8-17(30-2)14(24)11-13/h3-11,20,26-27H,1-2H3/b21-19-. The van der Waals surface area contributed by atoms with Gasteiger partial charge in [0, 0.05) is 5.56 Å². The molecular weight excluding hydrogens is 422 g/mol. The second-order valence-corrected chi connectivity index (χ2v) is 7.43. The monoisotopic (exact) mass is 439 g/mol. The number of anilines is 1. The maximum Gasteiger partial charge on any atom is 0.300 e. The lowest BCUT2D eigenvalue weighted by Gasteiger charge is -2.24. The van der Waals surface area contributed by atoms with Crippen LogP contribution in [0.1, 0.15) is 22.9 Å². The summed E-state index contributed by atoms with van der Waals surface area (Å²) in [6.07, 6.45) is 1.40. The number of aryl methyl sites for hydroxylation is 1. The molecule has 1 amide bonds. The molecule has 0 aliphatic carbocycles. The Kier molecular flexibility index (Phi) is 5.20. The van der Waals surface area contributed by atoms with Gasteiger partial charge in [0.1, 0.15) is 29.1 Å². The number of methoxy groups -OCH3 is 1. The summed E-state index contributed by atoms with van der Waals surface area (Å²) in [5, 5.41) is 21.7. The van der Waals surface area contributed by atoms with Crippen LogP contribution >= 0.6 is 11.6 Å². The number of carbonyl (C=O) groups excluding carboxylic acids is 2. The number of aliphatic hydroxyl groups is 1. The summed E-state index contributed by atoms with van der Waals surface area (Å²) < 4.78 is 10.6. The second-order valence-electron chi connectivity index (χ2n) is 7.03. The number of benzene rings is 2. The zero-order valence-corrected chi connectivity index (χ0v) is 17.4. The van der Waals surface area contributed by atoms with Crippen molar-refractivity contribution in [2.24, 2.45) is 0 Å². The average molecular weight is 440 g/mol. The third kappa shape index (κ3) is 3.43. The molecule has 31 heavy (non-hydrogen) atoms. The van der Waals surface area contributed by atoms with Crippen LogP contribution in [0.3, 0.4) is 0 Å². The van der Waals surface area contributed by atoms with Gasteiger partial charge in [0.15, 0.2) is 0 Å². The smallest absolute Gasteiger partial charge is 0.300 e. The van der Waals surface area contributed by atoms with Crippen molar-refractivity contribution in [3.8, 4) is 11.5 Å². The molecule has 1 saturated heterocycles. The number of halogens is 1. The number of ether oxygens (including phenoxy) is 1. The van der Waals surface area contributed by atoms with Gasteiger partial charge < -0.3 is 19.4 Å².